The Morgan fingerprint density at radius 1 is 1.33 bits per heavy atom. The number of fused-ring (bicyclic) bond motifs is 1. The fourth-order valence-electron chi connectivity index (χ4n) is 2.41. The summed E-state index contributed by atoms with van der Waals surface area (Å²) in [5.74, 6) is 1.82. The molecular weight excluding hydrogens is 240 g/mol. The molecule has 1 aromatic rings. The van der Waals surface area contributed by atoms with E-state index in [1.54, 1.807) is 0 Å². The number of likely N-dealkylation sites (N-methyl/N-ethyl adjacent to an activating group) is 1. The molecule has 1 aromatic carbocycles. The van der Waals surface area contributed by atoms with E-state index in [9.17, 15) is 0 Å². The molecule has 2 atom stereocenters. The lowest BCUT2D eigenvalue weighted by molar-refractivity contribution is 0.275. The molecule has 1 aliphatic rings. The largest absolute Gasteiger partial charge is 0.308 e. The van der Waals surface area contributed by atoms with Gasteiger partial charge in [-0.15, -0.1) is 11.8 Å². The highest BCUT2D eigenvalue weighted by Gasteiger charge is 2.26. The molecule has 2 nitrogen and oxygen atoms in total. The maximum absolute atomic E-state index is 3.84. The van der Waals surface area contributed by atoms with Crippen molar-refractivity contribution in [2.24, 2.45) is 5.92 Å². The topological polar surface area (TPSA) is 15.3 Å². The first-order valence-electron chi connectivity index (χ1n) is 6.70. The van der Waals surface area contributed by atoms with Crippen LogP contribution in [0.1, 0.15) is 25.5 Å². The monoisotopic (exact) mass is 264 g/mol. The van der Waals surface area contributed by atoms with Crippen LogP contribution in [0.25, 0.3) is 0 Å². The Morgan fingerprint density at radius 3 is 2.72 bits per heavy atom. The minimum Gasteiger partial charge on any atom is -0.308 e. The van der Waals surface area contributed by atoms with E-state index >= 15 is 0 Å². The number of rotatable bonds is 5. The summed E-state index contributed by atoms with van der Waals surface area (Å²) >= 11 is 1.97. The fraction of sp³-hybridized carbons (Fsp3) is 0.600. The molecule has 18 heavy (non-hydrogen) atoms. The van der Waals surface area contributed by atoms with Crippen molar-refractivity contribution in [2.75, 3.05) is 26.4 Å². The van der Waals surface area contributed by atoms with Crippen LogP contribution in [0.3, 0.4) is 0 Å². The third kappa shape index (κ3) is 3.28. The third-order valence-corrected chi connectivity index (χ3v) is 4.66. The average molecular weight is 264 g/mol. The summed E-state index contributed by atoms with van der Waals surface area (Å²) in [7, 11) is 4.29. The van der Waals surface area contributed by atoms with Crippen LogP contribution in [-0.2, 0) is 0 Å². The van der Waals surface area contributed by atoms with Gasteiger partial charge in [-0.05, 0) is 31.6 Å². The predicted molar refractivity (Wildman–Crippen MR) is 80.2 cm³/mol. The molecule has 0 aromatic heterocycles. The molecular formula is C15H24N2S. The van der Waals surface area contributed by atoms with E-state index in [0.29, 0.717) is 18.0 Å². The summed E-state index contributed by atoms with van der Waals surface area (Å²) < 4.78 is 0. The third-order valence-electron chi connectivity index (χ3n) is 3.48. The van der Waals surface area contributed by atoms with E-state index < -0.39 is 0 Å². The zero-order chi connectivity index (χ0) is 13.1. The molecule has 0 radical (unpaired) electrons. The smallest absolute Gasteiger partial charge is 0.0429 e. The minimum absolute atomic E-state index is 0.513. The van der Waals surface area contributed by atoms with Crippen LogP contribution < -0.4 is 5.32 Å². The first-order chi connectivity index (χ1) is 8.58. The molecule has 0 bridgehead atoms. The lowest BCUT2D eigenvalue weighted by atomic mass is 10.0. The Labute approximate surface area is 115 Å². The number of nitrogens with zero attached hydrogens (tertiary/aromatic N) is 1. The summed E-state index contributed by atoms with van der Waals surface area (Å²) in [5.41, 5.74) is 1.48. The Kier molecular flexibility index (Phi) is 4.71. The minimum atomic E-state index is 0.513. The van der Waals surface area contributed by atoms with Gasteiger partial charge in [-0.3, -0.25) is 0 Å². The summed E-state index contributed by atoms with van der Waals surface area (Å²) in [6, 6.07) is 9.84. The number of nitrogens with one attached hydrogen (secondary N) is 1. The van der Waals surface area contributed by atoms with Crippen LogP contribution in [0.5, 0.6) is 0 Å². The standard InChI is InChI=1S/C15H24N2S/c1-11(2)13(9-17(3)4)16-14-10-18-15-8-6-5-7-12(14)15/h5-8,11,13-14,16H,9-10H2,1-4H3. The second-order valence-corrected chi connectivity index (χ2v) is 6.74. The molecule has 0 fully saturated rings. The van der Waals surface area contributed by atoms with Crippen molar-refractivity contribution in [1.82, 2.24) is 10.2 Å². The Morgan fingerprint density at radius 2 is 2.06 bits per heavy atom. The van der Waals surface area contributed by atoms with Gasteiger partial charge in [-0.25, -0.2) is 0 Å². The van der Waals surface area contributed by atoms with E-state index in [1.807, 2.05) is 11.8 Å². The molecule has 0 aliphatic carbocycles. The van der Waals surface area contributed by atoms with Gasteiger partial charge in [-0.2, -0.15) is 0 Å². The van der Waals surface area contributed by atoms with Crippen LogP contribution >= 0.6 is 11.8 Å². The Hall–Kier alpha value is -0.510. The van der Waals surface area contributed by atoms with E-state index in [0.717, 1.165) is 12.3 Å². The van der Waals surface area contributed by atoms with Gasteiger partial charge < -0.3 is 10.2 Å². The molecule has 2 unspecified atom stereocenters. The molecule has 100 valence electrons. The van der Waals surface area contributed by atoms with Crippen LogP contribution in [0.4, 0.5) is 0 Å². The van der Waals surface area contributed by atoms with E-state index in [4.69, 9.17) is 0 Å². The summed E-state index contributed by atoms with van der Waals surface area (Å²) in [4.78, 5) is 3.72. The van der Waals surface area contributed by atoms with Crippen LogP contribution in [0, 0.1) is 5.92 Å². The molecule has 1 N–H and O–H groups in total. The average Bonchev–Trinajstić information content (AvgIpc) is 2.71. The molecule has 1 aliphatic heterocycles. The van der Waals surface area contributed by atoms with E-state index in [-0.39, 0.29) is 0 Å². The number of benzene rings is 1. The molecule has 2 rings (SSSR count). The molecule has 0 amide bonds. The summed E-state index contributed by atoms with van der Waals surface area (Å²) in [6.07, 6.45) is 0. The van der Waals surface area contributed by atoms with Crippen molar-refractivity contribution >= 4 is 11.8 Å². The van der Waals surface area contributed by atoms with Crippen molar-refractivity contribution in [3.63, 3.8) is 0 Å². The van der Waals surface area contributed by atoms with Gasteiger partial charge in [0.25, 0.3) is 0 Å². The van der Waals surface area contributed by atoms with Crippen molar-refractivity contribution in [1.29, 1.82) is 0 Å². The van der Waals surface area contributed by atoms with Crippen molar-refractivity contribution in [3.8, 4) is 0 Å². The highest BCUT2D eigenvalue weighted by atomic mass is 32.2. The van der Waals surface area contributed by atoms with Gasteiger partial charge in [0.05, 0.1) is 0 Å². The lowest BCUT2D eigenvalue weighted by Crippen LogP contribution is -2.43. The highest BCUT2D eigenvalue weighted by molar-refractivity contribution is 7.99. The second kappa shape index (κ2) is 6.09. The van der Waals surface area contributed by atoms with Gasteiger partial charge in [-0.1, -0.05) is 32.0 Å². The zero-order valence-electron chi connectivity index (χ0n) is 11.8. The predicted octanol–water partition coefficient (Wildman–Crippen LogP) is 3.01. The number of thioether (sulfide) groups is 1. The maximum atomic E-state index is 3.84. The van der Waals surface area contributed by atoms with Crippen LogP contribution in [0.2, 0.25) is 0 Å². The quantitative estimate of drug-likeness (QED) is 0.880. The maximum Gasteiger partial charge on any atom is 0.0429 e. The fourth-order valence-corrected chi connectivity index (χ4v) is 3.58. The molecule has 0 saturated heterocycles. The lowest BCUT2D eigenvalue weighted by Gasteiger charge is -2.29. The van der Waals surface area contributed by atoms with Gasteiger partial charge in [0.1, 0.15) is 0 Å². The highest BCUT2D eigenvalue weighted by Crippen LogP contribution is 2.38. The first-order valence-corrected chi connectivity index (χ1v) is 7.69. The molecule has 1 heterocycles. The van der Waals surface area contributed by atoms with Crippen LogP contribution in [-0.4, -0.2) is 37.3 Å². The van der Waals surface area contributed by atoms with Crippen molar-refractivity contribution < 1.29 is 0 Å². The molecule has 0 saturated carbocycles. The van der Waals surface area contributed by atoms with Gasteiger partial charge in [0.15, 0.2) is 0 Å². The summed E-state index contributed by atoms with van der Waals surface area (Å²) in [5, 5.41) is 3.84. The Bertz CT molecular complexity index is 390. The van der Waals surface area contributed by atoms with Gasteiger partial charge in [0, 0.05) is 29.3 Å². The number of hydrogen-bond donors (Lipinski definition) is 1. The zero-order valence-corrected chi connectivity index (χ0v) is 12.6. The van der Waals surface area contributed by atoms with E-state index in [2.05, 4.69) is 62.4 Å². The van der Waals surface area contributed by atoms with Crippen LogP contribution in [0.15, 0.2) is 29.2 Å². The first kappa shape index (κ1) is 13.9. The summed E-state index contributed by atoms with van der Waals surface area (Å²) in [6.45, 7) is 5.70. The normalized spacial score (nSPS) is 20.4. The Balaban J connectivity index is 2.05. The molecule has 3 heteroatoms. The van der Waals surface area contributed by atoms with Gasteiger partial charge >= 0.3 is 0 Å². The number of hydrogen-bond acceptors (Lipinski definition) is 3. The van der Waals surface area contributed by atoms with E-state index in [1.165, 1.54) is 10.5 Å². The molecule has 0 spiro atoms. The SMILES string of the molecule is CC(C)C(CN(C)C)NC1CSc2ccccc21. The van der Waals surface area contributed by atoms with Gasteiger partial charge in [0.2, 0.25) is 0 Å². The van der Waals surface area contributed by atoms with Crippen molar-refractivity contribution in [2.45, 2.75) is 30.8 Å². The van der Waals surface area contributed by atoms with Crippen molar-refractivity contribution in [3.05, 3.63) is 29.8 Å². The second-order valence-electron chi connectivity index (χ2n) is 5.68.